The van der Waals surface area contributed by atoms with E-state index in [2.05, 4.69) is 14.7 Å². The molecule has 22 heavy (non-hydrogen) atoms. The Morgan fingerprint density at radius 3 is 2.64 bits per heavy atom. The largest absolute Gasteiger partial charge is 0.476 e. The summed E-state index contributed by atoms with van der Waals surface area (Å²) in [6.07, 6.45) is -1.12. The van der Waals surface area contributed by atoms with Gasteiger partial charge in [0.15, 0.2) is 11.3 Å². The molecule has 3 aromatic rings. The monoisotopic (exact) mass is 331 g/mol. The summed E-state index contributed by atoms with van der Waals surface area (Å²) in [4.78, 5) is 14.5. The molecule has 0 amide bonds. The van der Waals surface area contributed by atoms with Crippen LogP contribution in [0.2, 0.25) is 5.15 Å². The maximum absolute atomic E-state index is 13.2. The molecule has 1 N–H and O–H groups in total. The van der Waals surface area contributed by atoms with Crippen LogP contribution in [0.4, 0.5) is 13.2 Å². The minimum Gasteiger partial charge on any atom is -0.476 e. The Balaban J connectivity index is 2.39. The number of pyridine rings is 1. The number of hydrogen-bond acceptors (Lipinski definition) is 4. The van der Waals surface area contributed by atoms with Gasteiger partial charge >= 0.3 is 12.1 Å². The van der Waals surface area contributed by atoms with Gasteiger partial charge in [-0.15, -0.1) is 0 Å². The minimum atomic E-state index is -4.74. The Hall–Kier alpha value is -2.55. The van der Waals surface area contributed by atoms with Crippen LogP contribution in [-0.4, -0.2) is 25.6 Å². The van der Waals surface area contributed by atoms with E-state index in [0.717, 1.165) is 16.7 Å². The molecule has 3 aromatic heterocycles. The highest BCUT2D eigenvalue weighted by molar-refractivity contribution is 6.32. The number of halogens is 4. The van der Waals surface area contributed by atoms with Gasteiger partial charge in [-0.25, -0.2) is 9.78 Å². The number of rotatable bonds is 2. The number of carboxylic acid groups (broad SMARTS) is 1. The lowest BCUT2D eigenvalue weighted by Gasteiger charge is -2.10. The van der Waals surface area contributed by atoms with Crippen LogP contribution in [0.3, 0.4) is 0 Å². The molecule has 6 nitrogen and oxygen atoms in total. The molecule has 10 heteroatoms. The van der Waals surface area contributed by atoms with Crippen molar-refractivity contribution in [1.82, 2.24) is 14.5 Å². The van der Waals surface area contributed by atoms with Crippen LogP contribution in [0.1, 0.15) is 16.1 Å². The van der Waals surface area contributed by atoms with Gasteiger partial charge in [0.2, 0.25) is 0 Å². The van der Waals surface area contributed by atoms with Crippen LogP contribution < -0.4 is 0 Å². The van der Waals surface area contributed by atoms with Crippen molar-refractivity contribution >= 4 is 23.2 Å². The summed E-state index contributed by atoms with van der Waals surface area (Å²) in [7, 11) is 0. The molecule has 0 aliphatic rings. The predicted molar refractivity (Wildman–Crippen MR) is 67.7 cm³/mol. The number of alkyl halides is 3. The first-order chi connectivity index (χ1) is 10.3. The Kier molecular flexibility index (Phi) is 3.10. The summed E-state index contributed by atoms with van der Waals surface area (Å²) >= 11 is 5.82. The van der Waals surface area contributed by atoms with Gasteiger partial charge in [0, 0.05) is 17.3 Å². The fourth-order valence-corrected chi connectivity index (χ4v) is 2.22. The van der Waals surface area contributed by atoms with Crippen LogP contribution in [0.5, 0.6) is 0 Å². The second-order valence-corrected chi connectivity index (χ2v) is 4.66. The van der Waals surface area contributed by atoms with Crippen molar-refractivity contribution < 1.29 is 27.6 Å². The van der Waals surface area contributed by atoms with E-state index < -0.39 is 34.2 Å². The molecular formula is C12H5ClF3N3O3. The van der Waals surface area contributed by atoms with Gasteiger partial charge in [0.25, 0.3) is 0 Å². The highest BCUT2D eigenvalue weighted by Gasteiger charge is 2.36. The molecule has 3 rings (SSSR count). The third-order valence-corrected chi connectivity index (χ3v) is 3.30. The first kappa shape index (κ1) is 14.4. The van der Waals surface area contributed by atoms with Crippen LogP contribution in [-0.2, 0) is 6.18 Å². The average molecular weight is 332 g/mol. The van der Waals surface area contributed by atoms with Gasteiger partial charge in [-0.3, -0.25) is 4.40 Å². The summed E-state index contributed by atoms with van der Waals surface area (Å²) in [6.45, 7) is 0. The standard InChI is InChI=1S/C12H5ClF3N3O3/c13-9-8(11(20)21)18-10-7(12(14,15)16)1-5(3-19(9)10)6-2-17-22-4-6/h1-4H,(H,20,21). The molecule has 0 saturated heterocycles. The summed E-state index contributed by atoms with van der Waals surface area (Å²) in [6, 6.07) is 0.830. The van der Waals surface area contributed by atoms with E-state index in [1.165, 1.54) is 12.4 Å². The third-order valence-electron chi connectivity index (χ3n) is 2.94. The maximum atomic E-state index is 13.2. The van der Waals surface area contributed by atoms with Gasteiger partial charge in [-0.05, 0) is 6.07 Å². The number of imidazole rings is 1. The molecule has 0 unspecified atom stereocenters. The lowest BCUT2D eigenvalue weighted by atomic mass is 10.1. The number of aromatic nitrogens is 3. The molecule has 3 heterocycles. The SMILES string of the molecule is O=C(O)c1nc2c(C(F)(F)F)cc(-c3cnoc3)cn2c1Cl. The highest BCUT2D eigenvalue weighted by Crippen LogP contribution is 2.36. The van der Waals surface area contributed by atoms with Crippen molar-refractivity contribution in [3.8, 4) is 11.1 Å². The number of aromatic carboxylic acids is 1. The molecule has 0 aliphatic carbocycles. The fourth-order valence-electron chi connectivity index (χ4n) is 1.97. The van der Waals surface area contributed by atoms with Crippen LogP contribution in [0.25, 0.3) is 16.8 Å². The summed E-state index contributed by atoms with van der Waals surface area (Å²) < 4.78 is 45.1. The molecule has 114 valence electrons. The van der Waals surface area contributed by atoms with Gasteiger partial charge < -0.3 is 9.63 Å². The molecule has 0 bridgehead atoms. The third kappa shape index (κ3) is 2.19. The lowest BCUT2D eigenvalue weighted by molar-refractivity contribution is -0.136. The number of nitrogens with zero attached hydrogens (tertiary/aromatic N) is 3. The molecule has 0 aliphatic heterocycles. The summed E-state index contributed by atoms with van der Waals surface area (Å²) in [5, 5.41) is 11.9. The molecule has 0 spiro atoms. The van der Waals surface area contributed by atoms with E-state index in [-0.39, 0.29) is 11.1 Å². The van der Waals surface area contributed by atoms with E-state index in [1.807, 2.05) is 0 Å². The second kappa shape index (κ2) is 4.73. The lowest BCUT2D eigenvalue weighted by Crippen LogP contribution is -2.08. The number of fused-ring (bicyclic) bond motifs is 1. The topological polar surface area (TPSA) is 80.6 Å². The maximum Gasteiger partial charge on any atom is 0.420 e. The highest BCUT2D eigenvalue weighted by atomic mass is 35.5. The van der Waals surface area contributed by atoms with Crippen molar-refractivity contribution in [2.75, 3.05) is 0 Å². The van der Waals surface area contributed by atoms with E-state index in [1.54, 1.807) is 0 Å². The van der Waals surface area contributed by atoms with Crippen molar-refractivity contribution in [2.24, 2.45) is 0 Å². The van der Waals surface area contributed by atoms with Crippen LogP contribution in [0.15, 0.2) is 29.2 Å². The normalized spacial score (nSPS) is 12.0. The molecule has 0 fully saturated rings. The fraction of sp³-hybridized carbons (Fsp3) is 0.0833. The predicted octanol–water partition coefficient (Wildman–Crippen LogP) is 3.36. The average Bonchev–Trinajstić information content (AvgIpc) is 3.05. The molecule has 0 atom stereocenters. The van der Waals surface area contributed by atoms with Crippen molar-refractivity contribution in [3.05, 3.63) is 41.1 Å². The Bertz CT molecular complexity index is 871. The smallest absolute Gasteiger partial charge is 0.420 e. The summed E-state index contributed by atoms with van der Waals surface area (Å²) in [5.74, 6) is -1.52. The van der Waals surface area contributed by atoms with E-state index in [9.17, 15) is 18.0 Å². The van der Waals surface area contributed by atoms with Crippen molar-refractivity contribution in [3.63, 3.8) is 0 Å². The molecule has 0 radical (unpaired) electrons. The molecule has 0 aromatic carbocycles. The van der Waals surface area contributed by atoms with Gasteiger partial charge in [0.05, 0.1) is 11.8 Å². The molecular weight excluding hydrogens is 327 g/mol. The summed E-state index contributed by atoms with van der Waals surface area (Å²) in [5.41, 5.74) is -1.96. The zero-order valence-corrected chi connectivity index (χ0v) is 11.2. The van der Waals surface area contributed by atoms with Gasteiger partial charge in [-0.2, -0.15) is 13.2 Å². The Morgan fingerprint density at radius 1 is 1.36 bits per heavy atom. The van der Waals surface area contributed by atoms with Crippen LogP contribution in [0, 0.1) is 0 Å². The van der Waals surface area contributed by atoms with Crippen LogP contribution >= 0.6 is 11.6 Å². The van der Waals surface area contributed by atoms with E-state index >= 15 is 0 Å². The van der Waals surface area contributed by atoms with E-state index in [4.69, 9.17) is 16.7 Å². The van der Waals surface area contributed by atoms with Gasteiger partial charge in [-0.1, -0.05) is 16.8 Å². The zero-order valence-electron chi connectivity index (χ0n) is 10.4. The Labute approximate surface area is 124 Å². The zero-order chi connectivity index (χ0) is 16.1. The second-order valence-electron chi connectivity index (χ2n) is 4.30. The Morgan fingerprint density at radius 2 is 2.09 bits per heavy atom. The van der Waals surface area contributed by atoms with E-state index in [0.29, 0.717) is 0 Å². The van der Waals surface area contributed by atoms with Crippen molar-refractivity contribution in [2.45, 2.75) is 6.18 Å². The van der Waals surface area contributed by atoms with Crippen molar-refractivity contribution in [1.29, 1.82) is 0 Å². The first-order valence-electron chi connectivity index (χ1n) is 5.71. The number of carbonyl (C=O) groups is 1. The number of hydrogen-bond donors (Lipinski definition) is 1. The van der Waals surface area contributed by atoms with Gasteiger partial charge in [0.1, 0.15) is 11.4 Å². The molecule has 0 saturated carbocycles. The first-order valence-corrected chi connectivity index (χ1v) is 6.08. The number of carboxylic acids is 1. The minimum absolute atomic E-state index is 0.109. The quantitative estimate of drug-likeness (QED) is 0.778.